The Morgan fingerprint density at radius 3 is 2.71 bits per heavy atom. The Morgan fingerprint density at radius 2 is 1.95 bits per heavy atom. The van der Waals surface area contributed by atoms with Gasteiger partial charge in [-0.1, -0.05) is 31.2 Å². The molecule has 0 unspecified atom stereocenters. The number of aromatic nitrogens is 1. The summed E-state index contributed by atoms with van der Waals surface area (Å²) in [5.74, 6) is 0. The van der Waals surface area contributed by atoms with E-state index >= 15 is 0 Å². The Hall–Kier alpha value is -1.87. The lowest BCUT2D eigenvalue weighted by molar-refractivity contribution is 0.314. The number of anilines is 1. The third-order valence-electron chi connectivity index (χ3n) is 3.53. The largest absolute Gasteiger partial charge is 0.385 e. The van der Waals surface area contributed by atoms with Crippen LogP contribution >= 0.6 is 0 Å². The van der Waals surface area contributed by atoms with E-state index in [4.69, 9.17) is 0 Å². The first-order valence-electron chi connectivity index (χ1n) is 7.61. The quantitative estimate of drug-likeness (QED) is 0.836. The van der Waals surface area contributed by atoms with Crippen LogP contribution < -0.4 is 5.32 Å². The second-order valence-electron chi connectivity index (χ2n) is 5.56. The van der Waals surface area contributed by atoms with Gasteiger partial charge in [0.1, 0.15) is 0 Å². The second-order valence-corrected chi connectivity index (χ2v) is 5.56. The number of nitrogens with one attached hydrogen (secondary N) is 1. The average Bonchev–Trinajstić information content (AvgIpc) is 2.48. The van der Waals surface area contributed by atoms with Gasteiger partial charge in [0.15, 0.2) is 0 Å². The molecule has 0 saturated carbocycles. The number of hydrogen-bond donors (Lipinski definition) is 1. The fourth-order valence-corrected chi connectivity index (χ4v) is 2.35. The third kappa shape index (κ3) is 4.87. The van der Waals surface area contributed by atoms with Crippen LogP contribution in [0, 0.1) is 6.92 Å². The molecule has 0 saturated heterocycles. The van der Waals surface area contributed by atoms with Crippen LogP contribution in [0.25, 0.3) is 0 Å². The van der Waals surface area contributed by atoms with E-state index in [0.717, 1.165) is 37.4 Å². The maximum Gasteiger partial charge on any atom is 0.0564 e. The second kappa shape index (κ2) is 7.79. The Morgan fingerprint density at radius 1 is 1.14 bits per heavy atom. The van der Waals surface area contributed by atoms with E-state index in [2.05, 4.69) is 66.4 Å². The van der Waals surface area contributed by atoms with Crippen molar-refractivity contribution in [1.82, 2.24) is 9.88 Å². The molecule has 0 amide bonds. The van der Waals surface area contributed by atoms with Crippen LogP contribution in [0.2, 0.25) is 0 Å². The van der Waals surface area contributed by atoms with E-state index in [0.29, 0.717) is 0 Å². The summed E-state index contributed by atoms with van der Waals surface area (Å²) in [6.07, 6.45) is 3.01. The fraction of sp³-hybridized carbons (Fsp3) is 0.389. The van der Waals surface area contributed by atoms with Gasteiger partial charge in [0.25, 0.3) is 0 Å². The highest BCUT2D eigenvalue weighted by Crippen LogP contribution is 2.13. The van der Waals surface area contributed by atoms with Crippen LogP contribution in [0.3, 0.4) is 0 Å². The van der Waals surface area contributed by atoms with Crippen molar-refractivity contribution in [2.45, 2.75) is 33.4 Å². The monoisotopic (exact) mass is 283 g/mol. The maximum absolute atomic E-state index is 4.47. The molecule has 1 N–H and O–H groups in total. The van der Waals surface area contributed by atoms with Crippen molar-refractivity contribution in [3.05, 3.63) is 59.4 Å². The predicted molar refractivity (Wildman–Crippen MR) is 89.4 cm³/mol. The summed E-state index contributed by atoms with van der Waals surface area (Å²) in [6.45, 7) is 7.14. The van der Waals surface area contributed by atoms with Crippen molar-refractivity contribution < 1.29 is 0 Å². The van der Waals surface area contributed by atoms with E-state index < -0.39 is 0 Å². The van der Waals surface area contributed by atoms with Crippen LogP contribution in [0.15, 0.2) is 42.6 Å². The van der Waals surface area contributed by atoms with Crippen LogP contribution in [0.5, 0.6) is 0 Å². The molecule has 3 heteroatoms. The summed E-state index contributed by atoms with van der Waals surface area (Å²) < 4.78 is 0. The molecular weight excluding hydrogens is 258 g/mol. The van der Waals surface area contributed by atoms with Gasteiger partial charge < -0.3 is 5.32 Å². The zero-order chi connectivity index (χ0) is 15.1. The van der Waals surface area contributed by atoms with Gasteiger partial charge in [0.2, 0.25) is 0 Å². The maximum atomic E-state index is 4.47. The van der Waals surface area contributed by atoms with Crippen LogP contribution in [0.1, 0.15) is 30.2 Å². The molecule has 0 bridgehead atoms. The standard InChI is InChI=1S/C18H25N3/c1-4-10-19-17-9-11-20-18(12-17)14-21(3)13-16-8-6-5-7-15(16)2/h5-9,11-12H,4,10,13-14H2,1-3H3,(H,19,20). The van der Waals surface area contributed by atoms with Gasteiger partial charge in [-0.15, -0.1) is 0 Å². The molecule has 1 aromatic heterocycles. The molecule has 0 aliphatic carbocycles. The van der Waals surface area contributed by atoms with Crippen molar-refractivity contribution in [2.24, 2.45) is 0 Å². The molecule has 21 heavy (non-hydrogen) atoms. The number of pyridine rings is 1. The zero-order valence-electron chi connectivity index (χ0n) is 13.3. The number of aryl methyl sites for hydroxylation is 1. The zero-order valence-corrected chi connectivity index (χ0v) is 13.3. The van der Waals surface area contributed by atoms with Gasteiger partial charge >= 0.3 is 0 Å². The molecule has 112 valence electrons. The van der Waals surface area contributed by atoms with Gasteiger partial charge in [-0.3, -0.25) is 9.88 Å². The van der Waals surface area contributed by atoms with Crippen molar-refractivity contribution >= 4 is 5.69 Å². The fourth-order valence-electron chi connectivity index (χ4n) is 2.35. The minimum atomic E-state index is 0.857. The molecule has 2 aromatic rings. The van der Waals surface area contributed by atoms with Gasteiger partial charge in [-0.05, 0) is 43.7 Å². The first kappa shape index (κ1) is 15.5. The highest BCUT2D eigenvalue weighted by atomic mass is 15.1. The lowest BCUT2D eigenvalue weighted by Crippen LogP contribution is -2.18. The molecule has 0 atom stereocenters. The van der Waals surface area contributed by atoms with Crippen molar-refractivity contribution in [3.63, 3.8) is 0 Å². The smallest absolute Gasteiger partial charge is 0.0564 e. The first-order valence-corrected chi connectivity index (χ1v) is 7.61. The molecule has 1 aromatic carbocycles. The Balaban J connectivity index is 1.96. The summed E-state index contributed by atoms with van der Waals surface area (Å²) in [5, 5.41) is 3.41. The molecule has 0 fully saturated rings. The molecular formula is C18H25N3. The normalized spacial score (nSPS) is 10.9. The van der Waals surface area contributed by atoms with Crippen molar-refractivity contribution in [1.29, 1.82) is 0 Å². The topological polar surface area (TPSA) is 28.2 Å². The van der Waals surface area contributed by atoms with Crippen LogP contribution in [-0.4, -0.2) is 23.5 Å². The number of benzene rings is 1. The van der Waals surface area contributed by atoms with Crippen molar-refractivity contribution in [3.8, 4) is 0 Å². The number of hydrogen-bond acceptors (Lipinski definition) is 3. The number of nitrogens with zero attached hydrogens (tertiary/aromatic N) is 2. The summed E-state index contributed by atoms with van der Waals surface area (Å²) >= 11 is 0. The Kier molecular flexibility index (Phi) is 5.76. The van der Waals surface area contributed by atoms with E-state index in [1.165, 1.54) is 11.1 Å². The summed E-state index contributed by atoms with van der Waals surface area (Å²) in [4.78, 5) is 6.77. The highest BCUT2D eigenvalue weighted by molar-refractivity contribution is 5.43. The molecule has 1 heterocycles. The molecule has 2 rings (SSSR count). The highest BCUT2D eigenvalue weighted by Gasteiger charge is 2.05. The Labute approximate surface area is 128 Å². The SMILES string of the molecule is CCCNc1ccnc(CN(C)Cc2ccccc2C)c1. The van der Waals surface area contributed by atoms with Gasteiger partial charge in [0, 0.05) is 31.5 Å². The summed E-state index contributed by atoms with van der Waals surface area (Å²) in [6, 6.07) is 12.7. The van der Waals surface area contributed by atoms with Gasteiger partial charge in [-0.2, -0.15) is 0 Å². The van der Waals surface area contributed by atoms with E-state index in [1.807, 2.05) is 12.3 Å². The van der Waals surface area contributed by atoms with Gasteiger partial charge in [0.05, 0.1) is 5.69 Å². The van der Waals surface area contributed by atoms with E-state index in [-0.39, 0.29) is 0 Å². The van der Waals surface area contributed by atoms with Crippen LogP contribution in [-0.2, 0) is 13.1 Å². The van der Waals surface area contributed by atoms with E-state index in [1.54, 1.807) is 0 Å². The van der Waals surface area contributed by atoms with Crippen molar-refractivity contribution in [2.75, 3.05) is 18.9 Å². The third-order valence-corrected chi connectivity index (χ3v) is 3.53. The van der Waals surface area contributed by atoms with E-state index in [9.17, 15) is 0 Å². The molecule has 0 aliphatic heterocycles. The lowest BCUT2D eigenvalue weighted by Gasteiger charge is -2.18. The summed E-state index contributed by atoms with van der Waals surface area (Å²) in [7, 11) is 2.14. The lowest BCUT2D eigenvalue weighted by atomic mass is 10.1. The summed E-state index contributed by atoms with van der Waals surface area (Å²) in [5.41, 5.74) is 4.98. The minimum absolute atomic E-state index is 0.857. The number of rotatable bonds is 7. The average molecular weight is 283 g/mol. The molecule has 0 radical (unpaired) electrons. The molecule has 3 nitrogen and oxygen atoms in total. The Bertz CT molecular complexity index is 566. The molecule has 0 aliphatic rings. The molecule has 0 spiro atoms. The first-order chi connectivity index (χ1) is 10.2. The predicted octanol–water partition coefficient (Wildman–Crippen LogP) is 3.84. The van der Waals surface area contributed by atoms with Crippen LogP contribution in [0.4, 0.5) is 5.69 Å². The minimum Gasteiger partial charge on any atom is -0.385 e. The van der Waals surface area contributed by atoms with Gasteiger partial charge in [-0.25, -0.2) is 0 Å².